The van der Waals surface area contributed by atoms with Crippen molar-refractivity contribution in [2.75, 3.05) is 0 Å². The monoisotopic (exact) mass is 259 g/mol. The van der Waals surface area contributed by atoms with Crippen LogP contribution in [0.1, 0.15) is 71.1 Å². The van der Waals surface area contributed by atoms with Crippen LogP contribution in [0.3, 0.4) is 0 Å². The standard InChI is InChI=1S/C15H17NOS/c1-15(2)6-10-12(8-16)18-14(9-4-3-5-9)13(10)11(17)7-15/h9H,3-7H2,1-2H3. The highest BCUT2D eigenvalue weighted by atomic mass is 32.1. The Kier molecular flexibility index (Phi) is 2.60. The zero-order valence-electron chi connectivity index (χ0n) is 10.9. The maximum atomic E-state index is 12.4. The first-order valence-corrected chi connectivity index (χ1v) is 7.42. The molecule has 1 aromatic rings. The minimum Gasteiger partial charge on any atom is -0.294 e. The van der Waals surface area contributed by atoms with Crippen molar-refractivity contribution in [3.8, 4) is 6.07 Å². The maximum absolute atomic E-state index is 12.4. The average molecular weight is 259 g/mol. The zero-order valence-corrected chi connectivity index (χ0v) is 11.7. The average Bonchev–Trinajstić information content (AvgIpc) is 2.52. The third-order valence-corrected chi connectivity index (χ3v) is 5.48. The van der Waals surface area contributed by atoms with E-state index in [1.807, 2.05) is 0 Å². The Morgan fingerprint density at radius 2 is 2.06 bits per heavy atom. The van der Waals surface area contributed by atoms with Crippen molar-refractivity contribution >= 4 is 17.1 Å². The molecule has 1 fully saturated rings. The topological polar surface area (TPSA) is 40.9 Å². The van der Waals surface area contributed by atoms with E-state index < -0.39 is 0 Å². The minimum atomic E-state index is 0.00758. The SMILES string of the molecule is CC1(C)CC(=O)c2c(C3CCC3)sc(C#N)c2C1. The van der Waals surface area contributed by atoms with Gasteiger partial charge in [0, 0.05) is 16.9 Å². The summed E-state index contributed by atoms with van der Waals surface area (Å²) in [4.78, 5) is 14.4. The summed E-state index contributed by atoms with van der Waals surface area (Å²) in [6, 6.07) is 2.30. The summed E-state index contributed by atoms with van der Waals surface area (Å²) in [6.45, 7) is 4.24. The van der Waals surface area contributed by atoms with Crippen LogP contribution < -0.4 is 0 Å². The molecule has 1 aromatic heterocycles. The first kappa shape index (κ1) is 11.9. The molecular formula is C15H17NOS. The Hall–Kier alpha value is -1.14. The molecule has 2 aliphatic rings. The van der Waals surface area contributed by atoms with E-state index in [2.05, 4.69) is 19.9 Å². The largest absolute Gasteiger partial charge is 0.294 e. The second kappa shape index (κ2) is 3.93. The molecule has 0 bridgehead atoms. The van der Waals surface area contributed by atoms with Gasteiger partial charge < -0.3 is 0 Å². The molecule has 2 aliphatic carbocycles. The lowest BCUT2D eigenvalue weighted by Gasteiger charge is -2.31. The van der Waals surface area contributed by atoms with Crippen LogP contribution in [0, 0.1) is 16.7 Å². The molecular weight excluding hydrogens is 242 g/mol. The third-order valence-electron chi connectivity index (χ3n) is 4.19. The molecule has 0 spiro atoms. The van der Waals surface area contributed by atoms with Crippen LogP contribution in [0.25, 0.3) is 0 Å². The van der Waals surface area contributed by atoms with E-state index in [9.17, 15) is 10.1 Å². The number of nitrogens with zero attached hydrogens (tertiary/aromatic N) is 1. The first-order chi connectivity index (χ1) is 8.52. The number of ketones is 1. The molecule has 0 atom stereocenters. The molecule has 0 aromatic carbocycles. The van der Waals surface area contributed by atoms with Crippen LogP contribution in [0.15, 0.2) is 0 Å². The van der Waals surface area contributed by atoms with Crippen molar-refractivity contribution in [2.24, 2.45) is 5.41 Å². The van der Waals surface area contributed by atoms with Crippen molar-refractivity contribution in [1.29, 1.82) is 5.26 Å². The van der Waals surface area contributed by atoms with E-state index in [1.165, 1.54) is 24.1 Å². The summed E-state index contributed by atoms with van der Waals surface area (Å²) < 4.78 is 0. The Balaban J connectivity index is 2.14. The molecule has 1 saturated carbocycles. The Labute approximate surface area is 112 Å². The summed E-state index contributed by atoms with van der Waals surface area (Å²) in [5, 5.41) is 9.29. The lowest BCUT2D eigenvalue weighted by Crippen LogP contribution is -2.27. The van der Waals surface area contributed by atoms with Gasteiger partial charge in [-0.05, 0) is 36.2 Å². The number of hydrogen-bond acceptors (Lipinski definition) is 3. The third kappa shape index (κ3) is 1.71. The van der Waals surface area contributed by atoms with Crippen LogP contribution in [-0.4, -0.2) is 5.78 Å². The molecule has 0 amide bonds. The Bertz CT molecular complexity index is 558. The van der Waals surface area contributed by atoms with Gasteiger partial charge in [0.2, 0.25) is 0 Å². The quantitative estimate of drug-likeness (QED) is 0.763. The van der Waals surface area contributed by atoms with Gasteiger partial charge in [0.15, 0.2) is 5.78 Å². The first-order valence-electron chi connectivity index (χ1n) is 6.61. The van der Waals surface area contributed by atoms with E-state index >= 15 is 0 Å². The highest BCUT2D eigenvalue weighted by molar-refractivity contribution is 7.13. The van der Waals surface area contributed by atoms with Crippen molar-refractivity contribution in [1.82, 2.24) is 0 Å². The van der Waals surface area contributed by atoms with E-state index in [4.69, 9.17) is 0 Å². The number of carbonyl (C=O) groups is 1. The molecule has 0 aliphatic heterocycles. The Morgan fingerprint density at radius 1 is 1.33 bits per heavy atom. The summed E-state index contributed by atoms with van der Waals surface area (Å²) in [6.07, 6.45) is 5.14. The smallest absolute Gasteiger partial charge is 0.164 e. The Morgan fingerprint density at radius 3 is 2.61 bits per heavy atom. The number of thiophene rings is 1. The van der Waals surface area contributed by atoms with Gasteiger partial charge in [0.05, 0.1) is 0 Å². The number of rotatable bonds is 1. The van der Waals surface area contributed by atoms with Gasteiger partial charge in [-0.2, -0.15) is 5.26 Å². The minimum absolute atomic E-state index is 0.00758. The normalized spacial score (nSPS) is 22.2. The van der Waals surface area contributed by atoms with Gasteiger partial charge >= 0.3 is 0 Å². The number of nitriles is 1. The van der Waals surface area contributed by atoms with E-state index in [1.54, 1.807) is 11.3 Å². The van der Waals surface area contributed by atoms with Crippen molar-refractivity contribution in [2.45, 2.75) is 51.9 Å². The van der Waals surface area contributed by atoms with E-state index in [0.29, 0.717) is 12.3 Å². The summed E-state index contributed by atoms with van der Waals surface area (Å²) in [7, 11) is 0. The molecule has 0 unspecified atom stereocenters. The zero-order chi connectivity index (χ0) is 12.9. The van der Waals surface area contributed by atoms with Gasteiger partial charge in [-0.15, -0.1) is 11.3 Å². The highest BCUT2D eigenvalue weighted by Crippen LogP contribution is 2.48. The second-order valence-electron chi connectivity index (χ2n) is 6.33. The van der Waals surface area contributed by atoms with Gasteiger partial charge in [-0.3, -0.25) is 4.79 Å². The molecule has 0 saturated heterocycles. The van der Waals surface area contributed by atoms with Crippen LogP contribution >= 0.6 is 11.3 Å². The molecule has 3 rings (SSSR count). The van der Waals surface area contributed by atoms with Crippen molar-refractivity contribution in [3.63, 3.8) is 0 Å². The van der Waals surface area contributed by atoms with Crippen molar-refractivity contribution in [3.05, 3.63) is 20.9 Å². The fourth-order valence-electron chi connectivity index (χ4n) is 3.07. The van der Waals surface area contributed by atoms with Gasteiger partial charge in [0.1, 0.15) is 10.9 Å². The number of carbonyl (C=O) groups excluding carboxylic acids is 1. The highest BCUT2D eigenvalue weighted by Gasteiger charge is 2.38. The molecule has 94 valence electrons. The van der Waals surface area contributed by atoms with E-state index in [0.717, 1.165) is 22.4 Å². The predicted octanol–water partition coefficient (Wildman–Crippen LogP) is 4.04. The summed E-state index contributed by atoms with van der Waals surface area (Å²) in [5.41, 5.74) is 1.99. The molecule has 0 N–H and O–H groups in total. The summed E-state index contributed by atoms with van der Waals surface area (Å²) in [5.74, 6) is 0.817. The van der Waals surface area contributed by atoms with Gasteiger partial charge in [-0.25, -0.2) is 0 Å². The second-order valence-corrected chi connectivity index (χ2v) is 7.38. The number of fused-ring (bicyclic) bond motifs is 1. The molecule has 0 radical (unpaired) electrons. The number of hydrogen-bond donors (Lipinski definition) is 0. The maximum Gasteiger partial charge on any atom is 0.164 e. The van der Waals surface area contributed by atoms with Crippen LogP contribution in [0.2, 0.25) is 0 Å². The molecule has 3 heteroatoms. The molecule has 18 heavy (non-hydrogen) atoms. The predicted molar refractivity (Wildman–Crippen MR) is 72.1 cm³/mol. The molecule has 1 heterocycles. The fraction of sp³-hybridized carbons (Fsp3) is 0.600. The van der Waals surface area contributed by atoms with E-state index in [-0.39, 0.29) is 11.2 Å². The van der Waals surface area contributed by atoms with Crippen LogP contribution in [0.5, 0.6) is 0 Å². The lowest BCUT2D eigenvalue weighted by atomic mass is 9.72. The van der Waals surface area contributed by atoms with Crippen LogP contribution in [0.4, 0.5) is 0 Å². The molecule has 2 nitrogen and oxygen atoms in total. The fourth-order valence-corrected chi connectivity index (χ4v) is 4.38. The van der Waals surface area contributed by atoms with Gasteiger partial charge in [-0.1, -0.05) is 20.3 Å². The summed E-state index contributed by atoms with van der Waals surface area (Å²) >= 11 is 1.58. The lowest BCUT2D eigenvalue weighted by molar-refractivity contribution is 0.0911. The van der Waals surface area contributed by atoms with Crippen molar-refractivity contribution < 1.29 is 4.79 Å². The number of Topliss-reactive ketones (excluding diaryl/α,β-unsaturated/α-hetero) is 1. The van der Waals surface area contributed by atoms with Crippen LogP contribution in [-0.2, 0) is 6.42 Å². The van der Waals surface area contributed by atoms with Gasteiger partial charge in [0.25, 0.3) is 0 Å².